The molecular formula is C14H13N3O2. The molecule has 1 aliphatic rings. The van der Waals surface area contributed by atoms with Crippen molar-refractivity contribution in [3.05, 3.63) is 30.6 Å². The Labute approximate surface area is 110 Å². The molecule has 19 heavy (non-hydrogen) atoms. The van der Waals surface area contributed by atoms with Crippen LogP contribution in [0.1, 0.15) is 17.6 Å². The molecule has 5 heteroatoms. The van der Waals surface area contributed by atoms with Crippen LogP contribution in [0.15, 0.2) is 30.6 Å². The van der Waals surface area contributed by atoms with E-state index in [0.717, 1.165) is 5.39 Å². The molecular weight excluding hydrogens is 242 g/mol. The van der Waals surface area contributed by atoms with Crippen molar-refractivity contribution in [2.45, 2.75) is 12.8 Å². The molecule has 3 heterocycles. The SMILES string of the molecule is N#CC1(C(=O)n2ccc3cccnc32)CCOCC1. The van der Waals surface area contributed by atoms with Gasteiger partial charge in [0.25, 0.3) is 5.91 Å². The molecule has 1 fully saturated rings. The van der Waals surface area contributed by atoms with E-state index >= 15 is 0 Å². The molecule has 0 atom stereocenters. The number of hydrogen-bond acceptors (Lipinski definition) is 4. The summed E-state index contributed by atoms with van der Waals surface area (Å²) in [5, 5.41) is 10.3. The molecule has 2 aromatic heterocycles. The van der Waals surface area contributed by atoms with E-state index in [2.05, 4.69) is 11.1 Å². The van der Waals surface area contributed by atoms with Crippen LogP contribution in [0.2, 0.25) is 0 Å². The number of carbonyl (C=O) groups is 1. The van der Waals surface area contributed by atoms with Crippen LogP contribution in [-0.2, 0) is 4.74 Å². The Hall–Kier alpha value is -2.19. The van der Waals surface area contributed by atoms with Gasteiger partial charge in [-0.15, -0.1) is 0 Å². The minimum absolute atomic E-state index is 0.202. The van der Waals surface area contributed by atoms with Crippen LogP contribution in [0.4, 0.5) is 0 Å². The lowest BCUT2D eigenvalue weighted by molar-refractivity contribution is 0.0301. The van der Waals surface area contributed by atoms with Crippen LogP contribution < -0.4 is 0 Å². The number of carbonyl (C=O) groups excluding carboxylic acids is 1. The molecule has 0 aromatic carbocycles. The Morgan fingerprint density at radius 3 is 2.95 bits per heavy atom. The Morgan fingerprint density at radius 1 is 1.42 bits per heavy atom. The lowest BCUT2D eigenvalue weighted by Gasteiger charge is -2.29. The summed E-state index contributed by atoms with van der Waals surface area (Å²) in [6, 6.07) is 7.75. The van der Waals surface area contributed by atoms with E-state index in [9.17, 15) is 10.1 Å². The second-order valence-electron chi connectivity index (χ2n) is 4.71. The molecule has 1 saturated heterocycles. The quantitative estimate of drug-likeness (QED) is 0.781. The van der Waals surface area contributed by atoms with Crippen LogP contribution >= 0.6 is 0 Å². The molecule has 0 radical (unpaired) electrons. The minimum Gasteiger partial charge on any atom is -0.381 e. The average molecular weight is 255 g/mol. The number of aromatic nitrogens is 2. The first-order chi connectivity index (χ1) is 9.27. The van der Waals surface area contributed by atoms with Gasteiger partial charge in [0.2, 0.25) is 0 Å². The highest BCUT2D eigenvalue weighted by Crippen LogP contribution is 2.32. The highest BCUT2D eigenvalue weighted by atomic mass is 16.5. The number of ether oxygens (including phenoxy) is 1. The summed E-state index contributed by atoms with van der Waals surface area (Å²) < 4.78 is 6.74. The smallest absolute Gasteiger partial charge is 0.252 e. The molecule has 0 N–H and O–H groups in total. The summed E-state index contributed by atoms with van der Waals surface area (Å²) in [7, 11) is 0. The van der Waals surface area contributed by atoms with Crippen molar-refractivity contribution in [3.8, 4) is 6.07 Å². The van der Waals surface area contributed by atoms with Crippen molar-refractivity contribution < 1.29 is 9.53 Å². The molecule has 0 aliphatic carbocycles. The zero-order valence-electron chi connectivity index (χ0n) is 10.4. The van der Waals surface area contributed by atoms with E-state index in [4.69, 9.17) is 4.74 Å². The zero-order chi connectivity index (χ0) is 13.3. The lowest BCUT2D eigenvalue weighted by atomic mass is 9.81. The summed E-state index contributed by atoms with van der Waals surface area (Å²) in [5.74, 6) is -0.202. The number of rotatable bonds is 1. The van der Waals surface area contributed by atoms with E-state index < -0.39 is 5.41 Å². The topological polar surface area (TPSA) is 67.9 Å². The van der Waals surface area contributed by atoms with Gasteiger partial charge in [0, 0.05) is 31.0 Å². The number of pyridine rings is 1. The van der Waals surface area contributed by atoms with Crippen molar-refractivity contribution >= 4 is 16.9 Å². The van der Waals surface area contributed by atoms with Gasteiger partial charge in [-0.25, -0.2) is 4.98 Å². The van der Waals surface area contributed by atoms with Crippen molar-refractivity contribution in [2.24, 2.45) is 5.41 Å². The van der Waals surface area contributed by atoms with E-state index in [-0.39, 0.29) is 5.91 Å². The number of fused-ring (bicyclic) bond motifs is 1. The predicted octanol–water partition coefficient (Wildman–Crippen LogP) is 2.00. The fraction of sp³-hybridized carbons (Fsp3) is 0.357. The summed E-state index contributed by atoms with van der Waals surface area (Å²) >= 11 is 0. The number of nitriles is 1. The molecule has 0 bridgehead atoms. The second-order valence-corrected chi connectivity index (χ2v) is 4.71. The Balaban J connectivity index is 2.06. The first kappa shape index (κ1) is 11.9. The molecule has 0 unspecified atom stereocenters. The van der Waals surface area contributed by atoms with Gasteiger partial charge in [0.15, 0.2) is 0 Å². The largest absolute Gasteiger partial charge is 0.381 e. The number of hydrogen-bond donors (Lipinski definition) is 0. The van der Waals surface area contributed by atoms with E-state index in [1.54, 1.807) is 12.4 Å². The van der Waals surface area contributed by atoms with Gasteiger partial charge in [-0.3, -0.25) is 9.36 Å². The fourth-order valence-corrected chi connectivity index (χ4v) is 2.45. The second kappa shape index (κ2) is 4.48. The van der Waals surface area contributed by atoms with E-state index in [1.807, 2.05) is 18.2 Å². The monoisotopic (exact) mass is 255 g/mol. The molecule has 0 spiro atoms. The molecule has 3 rings (SSSR count). The van der Waals surface area contributed by atoms with Gasteiger partial charge in [-0.1, -0.05) is 0 Å². The van der Waals surface area contributed by atoms with Crippen LogP contribution in [0.3, 0.4) is 0 Å². The minimum atomic E-state index is -0.984. The third-order valence-electron chi connectivity index (χ3n) is 3.64. The van der Waals surface area contributed by atoms with Crippen molar-refractivity contribution in [3.63, 3.8) is 0 Å². The number of nitrogens with zero attached hydrogens (tertiary/aromatic N) is 3. The molecule has 2 aromatic rings. The van der Waals surface area contributed by atoms with E-state index in [1.165, 1.54) is 4.57 Å². The lowest BCUT2D eigenvalue weighted by Crippen LogP contribution is -2.39. The van der Waals surface area contributed by atoms with Gasteiger partial charge >= 0.3 is 0 Å². The maximum Gasteiger partial charge on any atom is 0.252 e. The summed E-state index contributed by atoms with van der Waals surface area (Å²) in [6.07, 6.45) is 4.22. The van der Waals surface area contributed by atoms with Gasteiger partial charge < -0.3 is 4.74 Å². The molecule has 0 saturated carbocycles. The molecule has 5 nitrogen and oxygen atoms in total. The molecule has 1 aliphatic heterocycles. The van der Waals surface area contributed by atoms with Crippen molar-refractivity contribution in [1.29, 1.82) is 5.26 Å². The van der Waals surface area contributed by atoms with Crippen LogP contribution in [-0.4, -0.2) is 28.7 Å². The van der Waals surface area contributed by atoms with Crippen LogP contribution in [0, 0.1) is 16.7 Å². The highest BCUT2D eigenvalue weighted by Gasteiger charge is 2.41. The first-order valence-electron chi connectivity index (χ1n) is 6.23. The van der Waals surface area contributed by atoms with Gasteiger partial charge in [0.1, 0.15) is 11.1 Å². The molecule has 0 amide bonds. The Bertz CT molecular complexity index is 663. The zero-order valence-corrected chi connectivity index (χ0v) is 10.4. The molecule has 96 valence electrons. The summed E-state index contributed by atoms with van der Waals surface area (Å²) in [4.78, 5) is 16.9. The summed E-state index contributed by atoms with van der Waals surface area (Å²) in [5.41, 5.74) is -0.379. The van der Waals surface area contributed by atoms with Crippen molar-refractivity contribution in [2.75, 3.05) is 13.2 Å². The van der Waals surface area contributed by atoms with Crippen molar-refractivity contribution in [1.82, 2.24) is 9.55 Å². The predicted molar refractivity (Wildman–Crippen MR) is 68.5 cm³/mol. The third kappa shape index (κ3) is 1.81. The first-order valence-corrected chi connectivity index (χ1v) is 6.23. The van der Waals surface area contributed by atoms with Gasteiger partial charge in [-0.05, 0) is 31.0 Å². The Kier molecular flexibility index (Phi) is 2.80. The maximum atomic E-state index is 12.7. The summed E-state index contributed by atoms with van der Waals surface area (Å²) in [6.45, 7) is 0.901. The van der Waals surface area contributed by atoms with Gasteiger partial charge in [-0.2, -0.15) is 5.26 Å². The third-order valence-corrected chi connectivity index (χ3v) is 3.64. The normalized spacial score (nSPS) is 18.1. The van der Waals surface area contributed by atoms with Gasteiger partial charge in [0.05, 0.1) is 6.07 Å². The Morgan fingerprint density at radius 2 is 2.21 bits per heavy atom. The average Bonchev–Trinajstić information content (AvgIpc) is 2.91. The van der Waals surface area contributed by atoms with Crippen LogP contribution in [0.25, 0.3) is 11.0 Å². The maximum absolute atomic E-state index is 12.7. The van der Waals surface area contributed by atoms with Crippen LogP contribution in [0.5, 0.6) is 0 Å². The highest BCUT2D eigenvalue weighted by molar-refractivity contribution is 5.95. The van der Waals surface area contributed by atoms with E-state index in [0.29, 0.717) is 31.7 Å². The standard InChI is InChI=1S/C14H13N3O2/c15-10-14(4-8-19-9-5-14)13(18)17-7-3-11-2-1-6-16-12(11)17/h1-3,6-7H,4-5,8-9H2. The fourth-order valence-electron chi connectivity index (χ4n) is 2.45.